The van der Waals surface area contributed by atoms with Crippen LogP contribution in [0.5, 0.6) is 0 Å². The Morgan fingerprint density at radius 1 is 1.30 bits per heavy atom. The zero-order valence-corrected chi connectivity index (χ0v) is 13.7. The zero-order chi connectivity index (χ0) is 14.9. The third-order valence-corrected chi connectivity index (χ3v) is 5.53. The maximum absolute atomic E-state index is 11.3. The Morgan fingerprint density at radius 3 is 2.60 bits per heavy atom. The number of hydrogen-bond donors (Lipinski definition) is 1. The van der Waals surface area contributed by atoms with E-state index in [9.17, 15) is 8.76 Å². The van der Waals surface area contributed by atoms with E-state index >= 15 is 0 Å². The Morgan fingerprint density at radius 2 is 2.00 bits per heavy atom. The third-order valence-electron chi connectivity index (χ3n) is 4.87. The standard InChI is InChI=1S/C17H26O2S/c1-11(2)15-8-5-12(3)9-17(15)16-10-14(20(18)19)7-6-13(16)4/h6-7,10-12,15,17H,5,8-9H2,1-4H3,(H,18,19). The average Bonchev–Trinajstić information content (AvgIpc) is 2.38. The van der Waals surface area contributed by atoms with Crippen LogP contribution in [0.1, 0.15) is 57.1 Å². The minimum Gasteiger partial charge on any atom is -0.302 e. The lowest BCUT2D eigenvalue weighted by Crippen LogP contribution is -2.26. The normalized spacial score (nSPS) is 28.6. The Kier molecular flexibility index (Phi) is 5.03. The largest absolute Gasteiger partial charge is 0.302 e. The fraction of sp³-hybridized carbons (Fsp3) is 0.647. The van der Waals surface area contributed by atoms with Gasteiger partial charge in [-0.25, -0.2) is 4.21 Å². The first-order chi connectivity index (χ1) is 9.40. The highest BCUT2D eigenvalue weighted by Gasteiger charge is 2.32. The molecule has 0 heterocycles. The predicted octanol–water partition coefficient (Wildman–Crippen LogP) is 4.75. The van der Waals surface area contributed by atoms with Gasteiger partial charge in [0.15, 0.2) is 11.1 Å². The van der Waals surface area contributed by atoms with Gasteiger partial charge >= 0.3 is 0 Å². The molecule has 4 atom stereocenters. The van der Waals surface area contributed by atoms with Crippen LogP contribution in [0.3, 0.4) is 0 Å². The van der Waals surface area contributed by atoms with Gasteiger partial charge in [-0.2, -0.15) is 0 Å². The molecule has 1 aliphatic rings. The number of rotatable bonds is 3. The van der Waals surface area contributed by atoms with E-state index in [4.69, 9.17) is 0 Å². The lowest BCUT2D eigenvalue weighted by atomic mass is 9.67. The van der Waals surface area contributed by atoms with Gasteiger partial charge in [0.1, 0.15) is 0 Å². The zero-order valence-electron chi connectivity index (χ0n) is 12.9. The smallest absolute Gasteiger partial charge is 0.186 e. The summed E-state index contributed by atoms with van der Waals surface area (Å²) in [6.45, 7) is 9.05. The molecule has 0 spiro atoms. The monoisotopic (exact) mass is 294 g/mol. The van der Waals surface area contributed by atoms with E-state index in [1.54, 1.807) is 6.07 Å². The molecule has 0 radical (unpaired) electrons. The van der Waals surface area contributed by atoms with Crippen molar-refractivity contribution in [3.63, 3.8) is 0 Å². The van der Waals surface area contributed by atoms with Crippen molar-refractivity contribution >= 4 is 11.1 Å². The van der Waals surface area contributed by atoms with Gasteiger partial charge in [-0.15, -0.1) is 0 Å². The second-order valence-electron chi connectivity index (χ2n) is 6.70. The number of benzene rings is 1. The van der Waals surface area contributed by atoms with Crippen molar-refractivity contribution in [1.29, 1.82) is 0 Å². The van der Waals surface area contributed by atoms with E-state index in [2.05, 4.69) is 27.7 Å². The van der Waals surface area contributed by atoms with Crippen LogP contribution in [0.4, 0.5) is 0 Å². The third kappa shape index (κ3) is 3.32. The lowest BCUT2D eigenvalue weighted by Gasteiger charge is -2.38. The quantitative estimate of drug-likeness (QED) is 0.817. The van der Waals surface area contributed by atoms with Crippen molar-refractivity contribution in [3.8, 4) is 0 Å². The topological polar surface area (TPSA) is 37.3 Å². The summed E-state index contributed by atoms with van der Waals surface area (Å²) in [4.78, 5) is 0.534. The summed E-state index contributed by atoms with van der Waals surface area (Å²) in [5.41, 5.74) is 2.54. The Balaban J connectivity index is 2.40. The lowest BCUT2D eigenvalue weighted by molar-refractivity contribution is 0.196. The molecule has 1 fully saturated rings. The maximum atomic E-state index is 11.3. The van der Waals surface area contributed by atoms with Gasteiger partial charge in [-0.05, 0) is 66.7 Å². The molecule has 1 saturated carbocycles. The van der Waals surface area contributed by atoms with Gasteiger partial charge in [0.2, 0.25) is 0 Å². The van der Waals surface area contributed by atoms with Gasteiger partial charge in [0.25, 0.3) is 0 Å². The Bertz CT molecular complexity index is 496. The summed E-state index contributed by atoms with van der Waals surface area (Å²) < 4.78 is 20.7. The summed E-state index contributed by atoms with van der Waals surface area (Å²) in [6.07, 6.45) is 3.78. The fourth-order valence-corrected chi connectivity index (χ4v) is 4.10. The average molecular weight is 294 g/mol. The van der Waals surface area contributed by atoms with Crippen LogP contribution in [0.25, 0.3) is 0 Å². The van der Waals surface area contributed by atoms with E-state index < -0.39 is 11.1 Å². The summed E-state index contributed by atoms with van der Waals surface area (Å²) in [5.74, 6) is 2.63. The molecule has 0 saturated heterocycles. The van der Waals surface area contributed by atoms with E-state index in [-0.39, 0.29) is 0 Å². The minimum atomic E-state index is -1.88. The first-order valence-electron chi connectivity index (χ1n) is 7.61. The molecule has 112 valence electrons. The predicted molar refractivity (Wildman–Crippen MR) is 84.3 cm³/mol. The van der Waals surface area contributed by atoms with E-state index in [0.29, 0.717) is 22.6 Å². The molecule has 1 N–H and O–H groups in total. The molecule has 1 aromatic rings. The molecule has 0 aliphatic heterocycles. The molecule has 0 amide bonds. The summed E-state index contributed by atoms with van der Waals surface area (Å²) >= 11 is -1.88. The minimum absolute atomic E-state index is 0.530. The number of hydrogen-bond acceptors (Lipinski definition) is 1. The van der Waals surface area contributed by atoms with Crippen molar-refractivity contribution in [2.75, 3.05) is 0 Å². The highest BCUT2D eigenvalue weighted by atomic mass is 32.2. The van der Waals surface area contributed by atoms with Crippen molar-refractivity contribution < 1.29 is 8.76 Å². The molecule has 2 nitrogen and oxygen atoms in total. The molecule has 3 heteroatoms. The Hall–Kier alpha value is -0.670. The van der Waals surface area contributed by atoms with Crippen molar-refractivity contribution in [2.45, 2.75) is 57.8 Å². The highest BCUT2D eigenvalue weighted by Crippen LogP contribution is 2.45. The van der Waals surface area contributed by atoms with Crippen LogP contribution in [-0.2, 0) is 11.1 Å². The van der Waals surface area contributed by atoms with Crippen LogP contribution in [0, 0.1) is 24.7 Å². The van der Waals surface area contributed by atoms with E-state index in [1.807, 2.05) is 12.1 Å². The second kappa shape index (κ2) is 6.40. The molecule has 4 unspecified atom stereocenters. The second-order valence-corrected chi connectivity index (χ2v) is 7.67. The van der Waals surface area contributed by atoms with Crippen LogP contribution in [0.2, 0.25) is 0 Å². The molecule has 0 aromatic heterocycles. The van der Waals surface area contributed by atoms with Gasteiger partial charge in [0, 0.05) is 0 Å². The van der Waals surface area contributed by atoms with Crippen LogP contribution < -0.4 is 0 Å². The van der Waals surface area contributed by atoms with E-state index in [1.165, 1.54) is 30.4 Å². The molecule has 0 bridgehead atoms. The van der Waals surface area contributed by atoms with Crippen LogP contribution in [-0.4, -0.2) is 8.76 Å². The molecule has 2 rings (SSSR count). The summed E-state index contributed by atoms with van der Waals surface area (Å²) in [6, 6.07) is 5.73. The van der Waals surface area contributed by atoms with Crippen LogP contribution >= 0.6 is 0 Å². The molecular weight excluding hydrogens is 268 g/mol. The molecule has 1 aliphatic carbocycles. The number of aryl methyl sites for hydroxylation is 1. The van der Waals surface area contributed by atoms with Crippen molar-refractivity contribution in [3.05, 3.63) is 29.3 Å². The Labute approximate surface area is 125 Å². The van der Waals surface area contributed by atoms with Gasteiger partial charge < -0.3 is 4.55 Å². The first-order valence-corrected chi connectivity index (χ1v) is 8.72. The fourth-order valence-electron chi connectivity index (χ4n) is 3.69. The van der Waals surface area contributed by atoms with Gasteiger partial charge in [-0.1, -0.05) is 33.3 Å². The highest BCUT2D eigenvalue weighted by molar-refractivity contribution is 7.79. The summed E-state index contributed by atoms with van der Waals surface area (Å²) in [7, 11) is 0. The molecule has 1 aromatic carbocycles. The van der Waals surface area contributed by atoms with Gasteiger partial charge in [-0.3, -0.25) is 0 Å². The molecule has 20 heavy (non-hydrogen) atoms. The van der Waals surface area contributed by atoms with Gasteiger partial charge in [0.05, 0.1) is 4.90 Å². The maximum Gasteiger partial charge on any atom is 0.186 e. The summed E-state index contributed by atoms with van der Waals surface area (Å²) in [5, 5.41) is 0. The van der Waals surface area contributed by atoms with Crippen LogP contribution in [0.15, 0.2) is 23.1 Å². The first kappa shape index (κ1) is 15.7. The SMILES string of the molecule is Cc1ccc(S(=O)O)cc1C1CC(C)CCC1C(C)C. The van der Waals surface area contributed by atoms with E-state index in [0.717, 1.165) is 5.92 Å². The van der Waals surface area contributed by atoms with Crippen molar-refractivity contribution in [1.82, 2.24) is 0 Å². The van der Waals surface area contributed by atoms with Crippen molar-refractivity contribution in [2.24, 2.45) is 17.8 Å². The molecular formula is C17H26O2S.